The van der Waals surface area contributed by atoms with Gasteiger partial charge in [0, 0.05) is 0 Å². The molecule has 0 saturated heterocycles. The summed E-state index contributed by atoms with van der Waals surface area (Å²) in [6.45, 7) is 0. The van der Waals surface area contributed by atoms with Gasteiger partial charge >= 0.3 is 0 Å². The molecule has 2 N–H and O–H groups in total. The van der Waals surface area contributed by atoms with E-state index in [0.717, 1.165) is 11.3 Å². The fourth-order valence-corrected chi connectivity index (χ4v) is 2.11. The van der Waals surface area contributed by atoms with E-state index in [1.54, 1.807) is 27.6 Å². The van der Waals surface area contributed by atoms with Gasteiger partial charge in [0.2, 0.25) is 5.75 Å². The van der Waals surface area contributed by atoms with Gasteiger partial charge in [0.05, 0.1) is 33.6 Å². The average molecular weight is 277 g/mol. The third-order valence-electron chi connectivity index (χ3n) is 3.09. The first kappa shape index (κ1) is 14.3. The Morgan fingerprint density at radius 2 is 1.75 bits per heavy atom. The lowest BCUT2D eigenvalue weighted by atomic mass is 10.0. The van der Waals surface area contributed by atoms with E-state index in [0.29, 0.717) is 23.7 Å². The first-order chi connectivity index (χ1) is 9.69. The summed E-state index contributed by atoms with van der Waals surface area (Å²) >= 11 is 0. The van der Waals surface area contributed by atoms with Crippen LogP contribution in [0.3, 0.4) is 0 Å². The van der Waals surface area contributed by atoms with Crippen LogP contribution in [0, 0.1) is 0 Å². The lowest BCUT2D eigenvalue weighted by Crippen LogP contribution is -2.12. The Labute approximate surface area is 118 Å². The molecule has 1 heterocycles. The number of rotatable bonds is 6. The Morgan fingerprint density at radius 3 is 2.20 bits per heavy atom. The van der Waals surface area contributed by atoms with Gasteiger partial charge in [-0.15, -0.1) is 0 Å². The average Bonchev–Trinajstić information content (AvgIpc) is 3.00. The van der Waals surface area contributed by atoms with Crippen molar-refractivity contribution in [2.24, 2.45) is 5.73 Å². The predicted octanol–water partition coefficient (Wildman–Crippen LogP) is 2.55. The van der Waals surface area contributed by atoms with E-state index in [2.05, 4.69) is 0 Å². The van der Waals surface area contributed by atoms with Gasteiger partial charge in [-0.3, -0.25) is 0 Å². The van der Waals surface area contributed by atoms with Crippen molar-refractivity contribution < 1.29 is 18.6 Å². The van der Waals surface area contributed by atoms with Crippen LogP contribution in [0.25, 0.3) is 0 Å². The minimum absolute atomic E-state index is 0.215. The Morgan fingerprint density at radius 1 is 1.10 bits per heavy atom. The SMILES string of the molecule is COc1cc(CC(N)c2ccco2)cc(OC)c1OC. The quantitative estimate of drug-likeness (QED) is 0.879. The zero-order valence-electron chi connectivity index (χ0n) is 11.9. The molecule has 5 nitrogen and oxygen atoms in total. The van der Waals surface area contributed by atoms with Gasteiger partial charge < -0.3 is 24.4 Å². The molecule has 1 aromatic carbocycles. The molecule has 0 aliphatic carbocycles. The van der Waals surface area contributed by atoms with E-state index in [1.807, 2.05) is 24.3 Å². The minimum Gasteiger partial charge on any atom is -0.493 e. The van der Waals surface area contributed by atoms with Crippen LogP contribution < -0.4 is 19.9 Å². The van der Waals surface area contributed by atoms with E-state index in [-0.39, 0.29) is 6.04 Å². The summed E-state index contributed by atoms with van der Waals surface area (Å²) in [5.74, 6) is 2.56. The number of benzene rings is 1. The third-order valence-corrected chi connectivity index (χ3v) is 3.09. The first-order valence-electron chi connectivity index (χ1n) is 6.27. The van der Waals surface area contributed by atoms with Crippen molar-refractivity contribution in [3.63, 3.8) is 0 Å². The Kier molecular flexibility index (Phi) is 4.53. The van der Waals surface area contributed by atoms with E-state index < -0.39 is 0 Å². The fourth-order valence-electron chi connectivity index (χ4n) is 2.11. The molecule has 0 bridgehead atoms. The van der Waals surface area contributed by atoms with Crippen LogP contribution in [-0.4, -0.2) is 21.3 Å². The second-order valence-corrected chi connectivity index (χ2v) is 4.36. The molecule has 0 radical (unpaired) electrons. The van der Waals surface area contributed by atoms with E-state index in [9.17, 15) is 0 Å². The van der Waals surface area contributed by atoms with Crippen LogP contribution in [-0.2, 0) is 6.42 Å². The number of furan rings is 1. The summed E-state index contributed by atoms with van der Waals surface area (Å²) in [7, 11) is 4.76. The normalized spacial score (nSPS) is 12.0. The molecular formula is C15H19NO4. The van der Waals surface area contributed by atoms with E-state index >= 15 is 0 Å². The van der Waals surface area contributed by atoms with Crippen LogP contribution in [0.1, 0.15) is 17.4 Å². The number of hydrogen-bond acceptors (Lipinski definition) is 5. The van der Waals surface area contributed by atoms with Crippen molar-refractivity contribution in [1.29, 1.82) is 0 Å². The molecule has 1 atom stereocenters. The molecule has 0 amide bonds. The molecule has 1 unspecified atom stereocenters. The molecule has 20 heavy (non-hydrogen) atoms. The fraction of sp³-hybridized carbons (Fsp3) is 0.333. The van der Waals surface area contributed by atoms with Gasteiger partial charge in [0.25, 0.3) is 0 Å². The van der Waals surface area contributed by atoms with Gasteiger partial charge in [-0.05, 0) is 36.2 Å². The standard InChI is InChI=1S/C15H19NO4/c1-17-13-8-10(9-14(18-2)15(13)19-3)7-11(16)12-5-4-6-20-12/h4-6,8-9,11H,7,16H2,1-3H3. The molecular weight excluding hydrogens is 258 g/mol. The predicted molar refractivity (Wildman–Crippen MR) is 75.4 cm³/mol. The van der Waals surface area contributed by atoms with Crippen molar-refractivity contribution in [1.82, 2.24) is 0 Å². The number of methoxy groups -OCH3 is 3. The molecule has 2 aromatic rings. The highest BCUT2D eigenvalue weighted by atomic mass is 16.5. The topological polar surface area (TPSA) is 66.9 Å². The zero-order chi connectivity index (χ0) is 14.5. The Balaban J connectivity index is 2.28. The highest BCUT2D eigenvalue weighted by molar-refractivity contribution is 5.54. The summed E-state index contributed by atoms with van der Waals surface area (Å²) in [6.07, 6.45) is 2.23. The van der Waals surface area contributed by atoms with Crippen LogP contribution in [0.5, 0.6) is 17.2 Å². The van der Waals surface area contributed by atoms with Crippen molar-refractivity contribution in [2.75, 3.05) is 21.3 Å². The Hall–Kier alpha value is -2.14. The maximum absolute atomic E-state index is 6.12. The van der Waals surface area contributed by atoms with Crippen LogP contribution in [0.4, 0.5) is 0 Å². The second-order valence-electron chi connectivity index (χ2n) is 4.36. The summed E-state index contributed by atoms with van der Waals surface area (Å²) < 4.78 is 21.2. The molecule has 0 saturated carbocycles. The molecule has 108 valence electrons. The summed E-state index contributed by atoms with van der Waals surface area (Å²) in [6, 6.07) is 7.26. The lowest BCUT2D eigenvalue weighted by Gasteiger charge is -2.15. The van der Waals surface area contributed by atoms with Gasteiger partial charge in [0.1, 0.15) is 5.76 Å². The monoisotopic (exact) mass is 277 g/mol. The maximum Gasteiger partial charge on any atom is 0.203 e. The first-order valence-corrected chi connectivity index (χ1v) is 6.27. The van der Waals surface area contributed by atoms with Gasteiger partial charge in [-0.25, -0.2) is 0 Å². The van der Waals surface area contributed by atoms with Crippen LogP contribution in [0.2, 0.25) is 0 Å². The second kappa shape index (κ2) is 6.34. The molecule has 0 aliphatic heterocycles. The minimum atomic E-state index is -0.215. The van der Waals surface area contributed by atoms with Crippen molar-refractivity contribution >= 4 is 0 Å². The van der Waals surface area contributed by atoms with Crippen LogP contribution >= 0.6 is 0 Å². The van der Waals surface area contributed by atoms with Gasteiger partial charge in [0.15, 0.2) is 11.5 Å². The number of hydrogen-bond donors (Lipinski definition) is 1. The maximum atomic E-state index is 6.12. The Bertz CT molecular complexity index is 526. The lowest BCUT2D eigenvalue weighted by molar-refractivity contribution is 0.323. The van der Waals surface area contributed by atoms with Crippen molar-refractivity contribution in [2.45, 2.75) is 12.5 Å². The summed E-state index contributed by atoms with van der Waals surface area (Å²) in [5, 5.41) is 0. The highest BCUT2D eigenvalue weighted by Gasteiger charge is 2.16. The third kappa shape index (κ3) is 2.88. The molecule has 2 rings (SSSR count). The zero-order valence-corrected chi connectivity index (χ0v) is 11.9. The summed E-state index contributed by atoms with van der Waals surface area (Å²) in [5.41, 5.74) is 7.11. The van der Waals surface area contributed by atoms with E-state index in [1.165, 1.54) is 0 Å². The molecule has 0 spiro atoms. The number of nitrogens with two attached hydrogens (primary N) is 1. The summed E-state index contributed by atoms with van der Waals surface area (Å²) in [4.78, 5) is 0. The molecule has 5 heteroatoms. The van der Waals surface area contributed by atoms with Gasteiger partial charge in [-0.2, -0.15) is 0 Å². The van der Waals surface area contributed by atoms with Crippen molar-refractivity contribution in [3.8, 4) is 17.2 Å². The molecule has 0 aliphatic rings. The smallest absolute Gasteiger partial charge is 0.203 e. The van der Waals surface area contributed by atoms with Crippen LogP contribution in [0.15, 0.2) is 34.9 Å². The molecule has 1 aromatic heterocycles. The van der Waals surface area contributed by atoms with E-state index in [4.69, 9.17) is 24.4 Å². The van der Waals surface area contributed by atoms with Gasteiger partial charge in [-0.1, -0.05) is 0 Å². The highest BCUT2D eigenvalue weighted by Crippen LogP contribution is 2.38. The largest absolute Gasteiger partial charge is 0.493 e. The van der Waals surface area contributed by atoms with Crippen molar-refractivity contribution in [3.05, 3.63) is 41.9 Å². The molecule has 0 fully saturated rings. The number of ether oxygens (including phenoxy) is 3.